The van der Waals surface area contributed by atoms with Crippen molar-refractivity contribution in [3.05, 3.63) is 72.3 Å². The van der Waals surface area contributed by atoms with E-state index < -0.39 is 0 Å². The van der Waals surface area contributed by atoms with E-state index in [1.807, 2.05) is 0 Å². The molecule has 0 aromatic heterocycles. The first-order valence-corrected chi connectivity index (χ1v) is 6.76. The van der Waals surface area contributed by atoms with Crippen LogP contribution in [-0.4, -0.2) is 12.1 Å². The van der Waals surface area contributed by atoms with Crippen molar-refractivity contribution in [3.8, 4) is 0 Å². The second kappa shape index (κ2) is 4.34. The third kappa shape index (κ3) is 1.81. The van der Waals surface area contributed by atoms with E-state index in [2.05, 4.69) is 77.4 Å². The van der Waals surface area contributed by atoms with Gasteiger partial charge in [0.25, 0.3) is 0 Å². The molecule has 2 aromatic carbocycles. The molecule has 2 atom stereocenters. The lowest BCUT2D eigenvalue weighted by atomic mass is 10.0. The zero-order valence-electron chi connectivity index (χ0n) is 10.6. The number of fused-ring (bicyclic) bond motifs is 2. The predicted molar refractivity (Wildman–Crippen MR) is 78.8 cm³/mol. The second-order valence-corrected chi connectivity index (χ2v) is 5.16. The summed E-state index contributed by atoms with van der Waals surface area (Å²) in [5.74, 6) is 0. The van der Waals surface area contributed by atoms with Crippen LogP contribution in [0.5, 0.6) is 0 Å². The van der Waals surface area contributed by atoms with Gasteiger partial charge in [0.05, 0.1) is 6.17 Å². The predicted octanol–water partition coefficient (Wildman–Crippen LogP) is 2.89. The third-order valence-electron chi connectivity index (χ3n) is 3.99. The van der Waals surface area contributed by atoms with Gasteiger partial charge < -0.3 is 0 Å². The van der Waals surface area contributed by atoms with Gasteiger partial charge in [0.15, 0.2) is 0 Å². The first kappa shape index (κ1) is 11.0. The van der Waals surface area contributed by atoms with E-state index in [0.717, 1.165) is 0 Å². The summed E-state index contributed by atoms with van der Waals surface area (Å²) in [5.41, 5.74) is 1.33. The fraction of sp³-hybridized carbons (Fsp3) is 0.176. The van der Waals surface area contributed by atoms with Gasteiger partial charge in [-0.15, -0.1) is 0 Å². The molecular formula is C17H16N2. The van der Waals surface area contributed by atoms with Gasteiger partial charge in [-0.25, -0.2) is 0 Å². The van der Waals surface area contributed by atoms with Crippen molar-refractivity contribution in [1.29, 1.82) is 0 Å². The number of nitrogens with one attached hydrogen (secondary N) is 2. The minimum absolute atomic E-state index is 0.216. The number of hydrogen-bond donors (Lipinski definition) is 2. The van der Waals surface area contributed by atoms with E-state index in [9.17, 15) is 0 Å². The zero-order chi connectivity index (χ0) is 12.7. The highest BCUT2D eigenvalue weighted by molar-refractivity contribution is 5.86. The molecule has 2 unspecified atom stereocenters. The molecule has 2 heteroatoms. The molecule has 0 spiro atoms. The van der Waals surface area contributed by atoms with Crippen molar-refractivity contribution >= 4 is 10.8 Å². The van der Waals surface area contributed by atoms with E-state index in [0.29, 0.717) is 12.1 Å². The van der Waals surface area contributed by atoms with Gasteiger partial charge in [0.1, 0.15) is 0 Å². The molecule has 0 bridgehead atoms. The highest BCUT2D eigenvalue weighted by Gasteiger charge is 2.31. The number of allylic oxidation sites excluding steroid dienone is 2. The molecule has 2 N–H and O–H groups in total. The van der Waals surface area contributed by atoms with Crippen LogP contribution in [-0.2, 0) is 0 Å². The molecule has 2 aliphatic rings. The largest absolute Gasteiger partial charge is 0.290 e. The van der Waals surface area contributed by atoms with Crippen LogP contribution >= 0.6 is 0 Å². The molecule has 1 fully saturated rings. The van der Waals surface area contributed by atoms with Crippen LogP contribution in [0.3, 0.4) is 0 Å². The Hall–Kier alpha value is -1.90. The van der Waals surface area contributed by atoms with Crippen LogP contribution in [0.2, 0.25) is 0 Å². The molecule has 1 aliphatic carbocycles. The average Bonchev–Trinajstić information content (AvgIpc) is 2.90. The third-order valence-corrected chi connectivity index (χ3v) is 3.99. The Morgan fingerprint density at radius 3 is 2.21 bits per heavy atom. The Bertz CT molecular complexity index is 647. The summed E-state index contributed by atoms with van der Waals surface area (Å²) in [6.45, 7) is 0. The van der Waals surface area contributed by atoms with Crippen LogP contribution in [0, 0.1) is 0 Å². The standard InChI is InChI=1S/C17H16N2/c1-2-8-13-12(6-1)7-5-9-14(13)17-18-15-10-3-4-11-16(15)19-17/h1-11,15-19H. The lowest BCUT2D eigenvalue weighted by molar-refractivity contribution is 0.572. The minimum Gasteiger partial charge on any atom is -0.290 e. The molecule has 1 saturated heterocycles. The maximum atomic E-state index is 3.65. The molecule has 0 amide bonds. The van der Waals surface area contributed by atoms with Gasteiger partial charge in [-0.3, -0.25) is 10.6 Å². The van der Waals surface area contributed by atoms with Crippen LogP contribution in [0.15, 0.2) is 66.8 Å². The Kier molecular flexibility index (Phi) is 2.50. The van der Waals surface area contributed by atoms with Crippen molar-refractivity contribution in [2.75, 3.05) is 0 Å². The van der Waals surface area contributed by atoms with Gasteiger partial charge in [0.2, 0.25) is 0 Å². The molecule has 19 heavy (non-hydrogen) atoms. The van der Waals surface area contributed by atoms with E-state index in [1.165, 1.54) is 16.3 Å². The molecule has 1 aliphatic heterocycles. The van der Waals surface area contributed by atoms with Crippen LogP contribution in [0.25, 0.3) is 10.8 Å². The van der Waals surface area contributed by atoms with Crippen molar-refractivity contribution in [1.82, 2.24) is 10.6 Å². The average molecular weight is 248 g/mol. The molecule has 2 aromatic rings. The molecular weight excluding hydrogens is 232 g/mol. The fourth-order valence-corrected chi connectivity index (χ4v) is 3.04. The Morgan fingerprint density at radius 1 is 0.737 bits per heavy atom. The monoisotopic (exact) mass is 248 g/mol. The topological polar surface area (TPSA) is 24.1 Å². The van der Waals surface area contributed by atoms with Crippen molar-refractivity contribution in [3.63, 3.8) is 0 Å². The van der Waals surface area contributed by atoms with Gasteiger partial charge in [0, 0.05) is 12.1 Å². The highest BCUT2D eigenvalue weighted by Crippen LogP contribution is 2.27. The number of benzene rings is 2. The second-order valence-electron chi connectivity index (χ2n) is 5.16. The lowest BCUT2D eigenvalue weighted by Crippen LogP contribution is -2.30. The van der Waals surface area contributed by atoms with Gasteiger partial charge in [-0.05, 0) is 16.3 Å². The van der Waals surface area contributed by atoms with Crippen LogP contribution < -0.4 is 10.6 Å². The van der Waals surface area contributed by atoms with E-state index in [4.69, 9.17) is 0 Å². The molecule has 0 saturated carbocycles. The SMILES string of the molecule is C1=CC2NC(c3cccc4ccccc34)NC2C=C1. The first-order valence-electron chi connectivity index (χ1n) is 6.76. The zero-order valence-corrected chi connectivity index (χ0v) is 10.6. The smallest absolute Gasteiger partial charge is 0.0851 e. The summed E-state index contributed by atoms with van der Waals surface area (Å²) in [7, 11) is 0. The normalized spacial score (nSPS) is 28.7. The van der Waals surface area contributed by atoms with Crippen molar-refractivity contribution < 1.29 is 0 Å². The molecule has 2 nitrogen and oxygen atoms in total. The molecule has 94 valence electrons. The van der Waals surface area contributed by atoms with Gasteiger partial charge >= 0.3 is 0 Å². The summed E-state index contributed by atoms with van der Waals surface area (Å²) in [5, 5.41) is 9.92. The number of rotatable bonds is 1. The number of hydrogen-bond acceptors (Lipinski definition) is 2. The van der Waals surface area contributed by atoms with Crippen molar-refractivity contribution in [2.45, 2.75) is 18.2 Å². The van der Waals surface area contributed by atoms with Crippen molar-refractivity contribution in [2.24, 2.45) is 0 Å². The Labute approximate surface area is 112 Å². The molecule has 1 heterocycles. The van der Waals surface area contributed by atoms with Gasteiger partial charge in [-0.2, -0.15) is 0 Å². The summed E-state index contributed by atoms with van der Waals surface area (Å²) in [4.78, 5) is 0. The van der Waals surface area contributed by atoms with Crippen LogP contribution in [0.4, 0.5) is 0 Å². The lowest BCUT2D eigenvalue weighted by Gasteiger charge is -2.15. The summed E-state index contributed by atoms with van der Waals surface area (Å²) < 4.78 is 0. The van der Waals surface area contributed by atoms with Crippen LogP contribution in [0.1, 0.15) is 11.7 Å². The maximum absolute atomic E-state index is 3.65. The first-order chi connectivity index (χ1) is 9.42. The van der Waals surface area contributed by atoms with E-state index in [-0.39, 0.29) is 6.17 Å². The minimum atomic E-state index is 0.216. The quantitative estimate of drug-likeness (QED) is 0.811. The van der Waals surface area contributed by atoms with E-state index >= 15 is 0 Å². The molecule has 4 rings (SSSR count). The summed E-state index contributed by atoms with van der Waals surface area (Å²) in [6, 6.07) is 15.9. The maximum Gasteiger partial charge on any atom is 0.0851 e. The van der Waals surface area contributed by atoms with Gasteiger partial charge in [-0.1, -0.05) is 66.8 Å². The van der Waals surface area contributed by atoms with E-state index in [1.54, 1.807) is 0 Å². The Morgan fingerprint density at radius 2 is 1.42 bits per heavy atom. The fourth-order valence-electron chi connectivity index (χ4n) is 3.04. The summed E-state index contributed by atoms with van der Waals surface area (Å²) in [6.07, 6.45) is 8.89. The summed E-state index contributed by atoms with van der Waals surface area (Å²) >= 11 is 0. The molecule has 0 radical (unpaired) electrons. The Balaban J connectivity index is 1.76. The highest BCUT2D eigenvalue weighted by atomic mass is 15.2.